The first-order valence-electron chi connectivity index (χ1n) is 11.7. The molecule has 3 aromatic rings. The number of H-pyrrole nitrogens is 1. The Morgan fingerprint density at radius 1 is 1.20 bits per heavy atom. The van der Waals surface area contributed by atoms with Gasteiger partial charge in [-0.1, -0.05) is 38.1 Å². The highest BCUT2D eigenvalue weighted by Crippen LogP contribution is 2.32. The molecular formula is C26H31N5O4. The molecule has 35 heavy (non-hydrogen) atoms. The molecule has 0 saturated carbocycles. The Balaban J connectivity index is 1.51. The molecule has 2 aromatic heterocycles. The number of alkyl carbamates (subject to hydrolysis) is 1. The van der Waals surface area contributed by atoms with Crippen LogP contribution in [0.3, 0.4) is 0 Å². The van der Waals surface area contributed by atoms with Gasteiger partial charge in [-0.15, -0.1) is 0 Å². The van der Waals surface area contributed by atoms with Crippen molar-refractivity contribution in [3.05, 3.63) is 76.6 Å². The maximum Gasteiger partial charge on any atom is 0.407 e. The minimum atomic E-state index is -0.462. The van der Waals surface area contributed by atoms with Gasteiger partial charge in [-0.2, -0.15) is 0 Å². The van der Waals surface area contributed by atoms with Gasteiger partial charge in [-0.25, -0.2) is 9.78 Å². The maximum absolute atomic E-state index is 12.7. The Labute approximate surface area is 203 Å². The van der Waals surface area contributed by atoms with Crippen LogP contribution in [0, 0.1) is 5.92 Å². The zero-order chi connectivity index (χ0) is 24.8. The molecule has 9 heteroatoms. The van der Waals surface area contributed by atoms with Crippen LogP contribution in [0.2, 0.25) is 0 Å². The lowest BCUT2D eigenvalue weighted by Crippen LogP contribution is -2.42. The molecule has 3 N–H and O–H groups in total. The van der Waals surface area contributed by atoms with Crippen molar-refractivity contribution in [2.75, 3.05) is 20.3 Å². The molecule has 0 spiro atoms. The summed E-state index contributed by atoms with van der Waals surface area (Å²) in [6.07, 6.45) is 8.03. The molecule has 1 aliphatic carbocycles. The average molecular weight is 478 g/mol. The molecule has 1 aromatic carbocycles. The van der Waals surface area contributed by atoms with E-state index < -0.39 is 12.3 Å². The van der Waals surface area contributed by atoms with Crippen molar-refractivity contribution in [1.29, 1.82) is 0 Å². The summed E-state index contributed by atoms with van der Waals surface area (Å²) in [6, 6.07) is 9.84. The van der Waals surface area contributed by atoms with E-state index >= 15 is 0 Å². The molecule has 0 bridgehead atoms. The number of carbonyl (C=O) groups is 1. The summed E-state index contributed by atoms with van der Waals surface area (Å²) in [5.41, 5.74) is 4.31. The van der Waals surface area contributed by atoms with Crippen molar-refractivity contribution in [2.45, 2.75) is 32.9 Å². The van der Waals surface area contributed by atoms with Gasteiger partial charge in [0.05, 0.1) is 24.9 Å². The zero-order valence-electron chi connectivity index (χ0n) is 20.2. The quantitative estimate of drug-likeness (QED) is 0.405. The van der Waals surface area contributed by atoms with Gasteiger partial charge in [0, 0.05) is 30.3 Å². The number of nitrogens with zero attached hydrogens (tertiary/aromatic N) is 2. The third kappa shape index (κ3) is 5.81. The van der Waals surface area contributed by atoms with Crippen LogP contribution in [-0.4, -0.2) is 47.1 Å². The standard InChI is InChI=1S/C26H31N5O4/c1-17(2)15-35-26(33)27-13-22(34-3)30-19-11-9-18(10-12-19)21-14-31(20-7-5-4-6-8-20)24-23(21)25(32)29-16-28-24/h4-9,11,14,16-17,22,30H,10,12-13,15H2,1-3H3,(H,27,33)(H,28,29,32). The van der Waals surface area contributed by atoms with E-state index in [4.69, 9.17) is 9.47 Å². The number of fused-ring (bicyclic) bond motifs is 1. The number of methoxy groups -OCH3 is 1. The Morgan fingerprint density at radius 3 is 2.69 bits per heavy atom. The molecule has 1 atom stereocenters. The first kappa shape index (κ1) is 24.3. The van der Waals surface area contributed by atoms with E-state index in [0.717, 1.165) is 35.4 Å². The number of aromatic nitrogens is 3. The predicted molar refractivity (Wildman–Crippen MR) is 135 cm³/mol. The van der Waals surface area contributed by atoms with Crippen molar-refractivity contribution in [3.8, 4) is 5.69 Å². The lowest BCUT2D eigenvalue weighted by Gasteiger charge is -2.23. The van der Waals surface area contributed by atoms with Crippen molar-refractivity contribution >= 4 is 22.7 Å². The van der Waals surface area contributed by atoms with Crippen LogP contribution >= 0.6 is 0 Å². The molecule has 0 saturated heterocycles. The predicted octanol–water partition coefficient (Wildman–Crippen LogP) is 3.72. The molecule has 4 rings (SSSR count). The number of carbonyl (C=O) groups excluding carboxylic acids is 1. The van der Waals surface area contributed by atoms with E-state index in [0.29, 0.717) is 17.6 Å². The monoisotopic (exact) mass is 477 g/mol. The summed E-state index contributed by atoms with van der Waals surface area (Å²) in [5.74, 6) is 0.276. The van der Waals surface area contributed by atoms with E-state index in [1.807, 2.05) is 67.1 Å². The molecule has 2 heterocycles. The van der Waals surface area contributed by atoms with E-state index in [2.05, 4.69) is 20.6 Å². The van der Waals surface area contributed by atoms with Crippen molar-refractivity contribution in [3.63, 3.8) is 0 Å². The van der Waals surface area contributed by atoms with Crippen LogP contribution in [0.4, 0.5) is 4.79 Å². The number of allylic oxidation sites excluding steroid dienone is 4. The summed E-state index contributed by atoms with van der Waals surface area (Å²) in [4.78, 5) is 31.7. The van der Waals surface area contributed by atoms with Gasteiger partial charge in [0.2, 0.25) is 0 Å². The number of para-hydroxylation sites is 1. The molecule has 9 nitrogen and oxygen atoms in total. The number of nitrogens with one attached hydrogen (secondary N) is 3. The number of benzene rings is 1. The summed E-state index contributed by atoms with van der Waals surface area (Å²) >= 11 is 0. The molecule has 1 aliphatic rings. The van der Waals surface area contributed by atoms with E-state index in [9.17, 15) is 9.59 Å². The number of amides is 1. The van der Waals surface area contributed by atoms with Crippen LogP contribution in [0.15, 0.2) is 65.5 Å². The highest BCUT2D eigenvalue weighted by atomic mass is 16.5. The third-order valence-electron chi connectivity index (χ3n) is 5.73. The fraction of sp³-hybridized carbons (Fsp3) is 0.346. The Kier molecular flexibility index (Phi) is 7.67. The number of aromatic amines is 1. The lowest BCUT2D eigenvalue weighted by atomic mass is 9.96. The Morgan fingerprint density at radius 2 is 2.00 bits per heavy atom. The summed E-state index contributed by atoms with van der Waals surface area (Å²) in [6.45, 7) is 4.61. The molecular weight excluding hydrogens is 446 g/mol. The van der Waals surface area contributed by atoms with Crippen LogP contribution in [0.1, 0.15) is 32.3 Å². The fourth-order valence-corrected chi connectivity index (χ4v) is 3.95. The van der Waals surface area contributed by atoms with Crippen LogP contribution in [0.5, 0.6) is 0 Å². The molecule has 184 valence electrons. The summed E-state index contributed by atoms with van der Waals surface area (Å²) in [7, 11) is 1.58. The number of hydrogen-bond donors (Lipinski definition) is 3. The maximum atomic E-state index is 12.7. The largest absolute Gasteiger partial charge is 0.449 e. The van der Waals surface area contributed by atoms with E-state index in [1.165, 1.54) is 6.33 Å². The SMILES string of the molecule is COC(CNC(=O)OCC(C)C)NC1=CC=C(c2cn(-c3ccccc3)c3nc[nH]c(=O)c23)CC1. The number of hydrogen-bond acceptors (Lipinski definition) is 6. The van der Waals surface area contributed by atoms with Crippen molar-refractivity contribution < 1.29 is 14.3 Å². The van der Waals surface area contributed by atoms with Gasteiger partial charge in [0.1, 0.15) is 6.23 Å². The fourth-order valence-electron chi connectivity index (χ4n) is 3.95. The Hall–Kier alpha value is -3.85. The minimum Gasteiger partial charge on any atom is -0.449 e. The van der Waals surface area contributed by atoms with Crippen LogP contribution < -0.4 is 16.2 Å². The van der Waals surface area contributed by atoms with Crippen molar-refractivity contribution in [2.24, 2.45) is 5.92 Å². The molecule has 0 radical (unpaired) electrons. The molecule has 0 aliphatic heterocycles. The normalized spacial score (nSPS) is 14.4. The molecule has 1 amide bonds. The summed E-state index contributed by atoms with van der Waals surface area (Å²) < 4.78 is 12.6. The zero-order valence-corrected chi connectivity index (χ0v) is 20.2. The van der Waals surface area contributed by atoms with E-state index in [-0.39, 0.29) is 18.0 Å². The Bertz CT molecular complexity index is 1290. The first-order valence-corrected chi connectivity index (χ1v) is 11.7. The average Bonchev–Trinajstić information content (AvgIpc) is 3.27. The second kappa shape index (κ2) is 11.1. The molecule has 1 unspecified atom stereocenters. The van der Waals surface area contributed by atoms with Crippen molar-refractivity contribution in [1.82, 2.24) is 25.2 Å². The first-order chi connectivity index (χ1) is 17.0. The van der Waals surface area contributed by atoms with Gasteiger partial charge in [0.15, 0.2) is 5.65 Å². The van der Waals surface area contributed by atoms with Crippen LogP contribution in [-0.2, 0) is 9.47 Å². The minimum absolute atomic E-state index is 0.164. The highest BCUT2D eigenvalue weighted by molar-refractivity contribution is 5.92. The molecule has 0 fully saturated rings. The van der Waals surface area contributed by atoms with Gasteiger partial charge in [-0.3, -0.25) is 4.79 Å². The van der Waals surface area contributed by atoms with E-state index in [1.54, 1.807) is 7.11 Å². The third-order valence-corrected chi connectivity index (χ3v) is 5.73. The second-order valence-corrected chi connectivity index (χ2v) is 8.80. The highest BCUT2D eigenvalue weighted by Gasteiger charge is 2.20. The van der Waals surface area contributed by atoms with Gasteiger partial charge in [0.25, 0.3) is 5.56 Å². The topological polar surface area (TPSA) is 110 Å². The van der Waals surface area contributed by atoms with Gasteiger partial charge < -0.3 is 29.7 Å². The summed E-state index contributed by atoms with van der Waals surface area (Å²) in [5, 5.41) is 6.61. The van der Waals surface area contributed by atoms with Gasteiger partial charge >= 0.3 is 6.09 Å². The smallest absolute Gasteiger partial charge is 0.407 e. The second-order valence-electron chi connectivity index (χ2n) is 8.80. The lowest BCUT2D eigenvalue weighted by molar-refractivity contribution is 0.0753. The number of ether oxygens (including phenoxy) is 2. The van der Waals surface area contributed by atoms with Gasteiger partial charge in [-0.05, 0) is 42.5 Å². The van der Waals surface area contributed by atoms with Crippen LogP contribution in [0.25, 0.3) is 22.3 Å². The number of rotatable bonds is 9.